The van der Waals surface area contributed by atoms with Crippen LogP contribution in [0, 0.1) is 0 Å². The number of benzene rings is 2. The highest BCUT2D eigenvalue weighted by Crippen LogP contribution is 2.24. The van der Waals surface area contributed by atoms with E-state index >= 15 is 0 Å². The molecule has 6 heteroatoms. The van der Waals surface area contributed by atoms with Crippen LogP contribution in [0.2, 0.25) is 10.0 Å². The van der Waals surface area contributed by atoms with Crippen molar-refractivity contribution in [1.29, 1.82) is 0 Å². The number of halogens is 2. The fourth-order valence-corrected chi connectivity index (χ4v) is 3.72. The first-order valence-corrected chi connectivity index (χ1v) is 10.7. The predicted molar refractivity (Wildman–Crippen MR) is 119 cm³/mol. The molecule has 0 aliphatic rings. The molecule has 0 bridgehead atoms. The van der Waals surface area contributed by atoms with Crippen molar-refractivity contribution in [2.45, 2.75) is 52.1 Å². The van der Waals surface area contributed by atoms with Gasteiger partial charge in [-0.05, 0) is 48.1 Å². The Labute approximate surface area is 183 Å². The number of carbonyl (C=O) groups excluding carboxylic acids is 2. The summed E-state index contributed by atoms with van der Waals surface area (Å²) in [5.41, 5.74) is 3.14. The molecule has 0 fully saturated rings. The Hall–Kier alpha value is -2.04. The van der Waals surface area contributed by atoms with Crippen LogP contribution >= 0.6 is 23.2 Å². The number of aryl methyl sites for hydroxylation is 2. The fraction of sp³-hybridized carbons (Fsp3) is 0.391. The van der Waals surface area contributed by atoms with E-state index in [0.717, 1.165) is 17.5 Å². The van der Waals surface area contributed by atoms with Crippen molar-refractivity contribution < 1.29 is 9.59 Å². The zero-order valence-electron chi connectivity index (χ0n) is 17.2. The van der Waals surface area contributed by atoms with Gasteiger partial charge in [-0.3, -0.25) is 9.59 Å². The molecule has 0 aromatic heterocycles. The second kappa shape index (κ2) is 11.2. The van der Waals surface area contributed by atoms with Crippen molar-refractivity contribution in [3.8, 4) is 0 Å². The topological polar surface area (TPSA) is 49.4 Å². The first-order chi connectivity index (χ1) is 13.9. The lowest BCUT2D eigenvalue weighted by Crippen LogP contribution is -2.48. The van der Waals surface area contributed by atoms with Crippen LogP contribution in [0.5, 0.6) is 0 Å². The van der Waals surface area contributed by atoms with Crippen molar-refractivity contribution in [2.24, 2.45) is 0 Å². The van der Waals surface area contributed by atoms with E-state index in [1.54, 1.807) is 30.1 Å². The van der Waals surface area contributed by atoms with Crippen LogP contribution in [-0.4, -0.2) is 29.8 Å². The van der Waals surface area contributed by atoms with Crippen molar-refractivity contribution in [1.82, 2.24) is 10.2 Å². The maximum Gasteiger partial charge on any atom is 0.242 e. The Balaban J connectivity index is 2.20. The van der Waals surface area contributed by atoms with Gasteiger partial charge in [0.25, 0.3) is 0 Å². The molecule has 2 aromatic carbocycles. The Kier molecular flexibility index (Phi) is 8.99. The van der Waals surface area contributed by atoms with Gasteiger partial charge in [0.1, 0.15) is 6.04 Å². The molecule has 2 rings (SSSR count). The third-order valence-electron chi connectivity index (χ3n) is 5.05. The highest BCUT2D eigenvalue weighted by atomic mass is 35.5. The van der Waals surface area contributed by atoms with Crippen molar-refractivity contribution in [3.63, 3.8) is 0 Å². The van der Waals surface area contributed by atoms with E-state index in [1.165, 1.54) is 5.56 Å². The number of amides is 2. The molecule has 1 atom stereocenters. The van der Waals surface area contributed by atoms with Crippen LogP contribution in [0.4, 0.5) is 0 Å². The standard InChI is InChI=1S/C23H28Cl2N2O2/c1-4-16-6-8-17(9-7-16)10-13-22(28)27(21(5-2)23(29)26-3)15-18-11-12-19(24)14-20(18)25/h6-9,11-12,14,21H,4-5,10,13,15H2,1-3H3,(H,26,29). The molecule has 1 N–H and O–H groups in total. The maximum atomic E-state index is 13.1. The van der Waals surface area contributed by atoms with Crippen LogP contribution in [0.3, 0.4) is 0 Å². The predicted octanol–water partition coefficient (Wildman–Crippen LogP) is 5.04. The summed E-state index contributed by atoms with van der Waals surface area (Å²) in [4.78, 5) is 27.1. The third-order valence-corrected chi connectivity index (χ3v) is 5.63. The zero-order valence-corrected chi connectivity index (χ0v) is 18.7. The summed E-state index contributed by atoms with van der Waals surface area (Å²) in [5, 5.41) is 3.68. The van der Waals surface area contributed by atoms with E-state index in [4.69, 9.17) is 23.2 Å². The lowest BCUT2D eigenvalue weighted by Gasteiger charge is -2.30. The third kappa shape index (κ3) is 6.48. The second-order valence-electron chi connectivity index (χ2n) is 6.97. The van der Waals surface area contributed by atoms with Gasteiger partial charge in [-0.25, -0.2) is 0 Å². The Morgan fingerprint density at radius 2 is 1.69 bits per heavy atom. The smallest absolute Gasteiger partial charge is 0.242 e. The molecular formula is C23H28Cl2N2O2. The number of likely N-dealkylation sites (N-methyl/N-ethyl adjacent to an activating group) is 1. The number of nitrogens with one attached hydrogen (secondary N) is 1. The van der Waals surface area contributed by atoms with E-state index in [2.05, 4.69) is 36.5 Å². The Bertz CT molecular complexity index is 837. The molecule has 0 radical (unpaired) electrons. The molecule has 0 saturated carbocycles. The van der Waals surface area contributed by atoms with E-state index in [1.807, 2.05) is 6.92 Å². The summed E-state index contributed by atoms with van der Waals surface area (Å²) in [6, 6.07) is 12.9. The Morgan fingerprint density at radius 1 is 1.03 bits per heavy atom. The fourth-order valence-electron chi connectivity index (χ4n) is 3.26. The second-order valence-corrected chi connectivity index (χ2v) is 7.81. The lowest BCUT2D eigenvalue weighted by molar-refractivity contribution is -0.141. The number of hydrogen-bond acceptors (Lipinski definition) is 2. The molecule has 29 heavy (non-hydrogen) atoms. The summed E-state index contributed by atoms with van der Waals surface area (Å²) in [7, 11) is 1.58. The van der Waals surface area contributed by atoms with Crippen molar-refractivity contribution in [2.75, 3.05) is 7.05 Å². The van der Waals surface area contributed by atoms with E-state index in [-0.39, 0.29) is 18.4 Å². The van der Waals surface area contributed by atoms with Gasteiger partial charge >= 0.3 is 0 Å². The van der Waals surface area contributed by atoms with E-state index in [9.17, 15) is 9.59 Å². The van der Waals surface area contributed by atoms with Gasteiger partial charge in [-0.15, -0.1) is 0 Å². The van der Waals surface area contributed by atoms with Crippen LogP contribution in [-0.2, 0) is 29.0 Å². The number of hydrogen-bond donors (Lipinski definition) is 1. The molecule has 0 spiro atoms. The monoisotopic (exact) mass is 434 g/mol. The van der Waals surface area contributed by atoms with Gasteiger partial charge in [0.15, 0.2) is 0 Å². The van der Waals surface area contributed by atoms with Gasteiger partial charge in [0.05, 0.1) is 0 Å². The zero-order chi connectivity index (χ0) is 21.4. The van der Waals surface area contributed by atoms with Gasteiger partial charge in [0, 0.05) is 30.1 Å². The summed E-state index contributed by atoms with van der Waals surface area (Å²) in [6.07, 6.45) is 2.45. The van der Waals surface area contributed by atoms with Crippen LogP contribution < -0.4 is 5.32 Å². The molecule has 2 amide bonds. The number of carbonyl (C=O) groups is 2. The van der Waals surface area contributed by atoms with E-state index < -0.39 is 6.04 Å². The maximum absolute atomic E-state index is 13.1. The van der Waals surface area contributed by atoms with Crippen LogP contribution in [0.25, 0.3) is 0 Å². The number of nitrogens with zero attached hydrogens (tertiary/aromatic N) is 1. The molecule has 1 unspecified atom stereocenters. The molecule has 4 nitrogen and oxygen atoms in total. The molecule has 156 valence electrons. The molecule has 2 aromatic rings. The average Bonchev–Trinajstić information content (AvgIpc) is 2.73. The largest absolute Gasteiger partial charge is 0.357 e. The van der Waals surface area contributed by atoms with E-state index in [0.29, 0.717) is 29.3 Å². The highest BCUT2D eigenvalue weighted by molar-refractivity contribution is 6.35. The molecule has 0 heterocycles. The van der Waals surface area contributed by atoms with Crippen molar-refractivity contribution in [3.05, 3.63) is 69.2 Å². The molecule has 0 aliphatic heterocycles. The van der Waals surface area contributed by atoms with Gasteiger partial charge < -0.3 is 10.2 Å². The average molecular weight is 435 g/mol. The minimum Gasteiger partial charge on any atom is -0.357 e. The minimum absolute atomic E-state index is 0.0777. The highest BCUT2D eigenvalue weighted by Gasteiger charge is 2.28. The van der Waals surface area contributed by atoms with Crippen LogP contribution in [0.15, 0.2) is 42.5 Å². The van der Waals surface area contributed by atoms with Gasteiger partial charge in [-0.2, -0.15) is 0 Å². The summed E-state index contributed by atoms with van der Waals surface area (Å²) >= 11 is 12.3. The summed E-state index contributed by atoms with van der Waals surface area (Å²) < 4.78 is 0. The number of rotatable bonds is 9. The Morgan fingerprint density at radius 3 is 2.24 bits per heavy atom. The minimum atomic E-state index is -0.554. The molecule has 0 saturated heterocycles. The first-order valence-electron chi connectivity index (χ1n) is 9.92. The van der Waals surface area contributed by atoms with Gasteiger partial charge in [0.2, 0.25) is 11.8 Å². The van der Waals surface area contributed by atoms with Crippen molar-refractivity contribution >= 4 is 35.0 Å². The summed E-state index contributed by atoms with van der Waals surface area (Å²) in [5.74, 6) is -0.260. The van der Waals surface area contributed by atoms with Gasteiger partial charge in [-0.1, -0.05) is 67.4 Å². The normalized spacial score (nSPS) is 11.8. The first kappa shape index (κ1) is 23.2. The SMILES string of the molecule is CCc1ccc(CCC(=O)N(Cc2ccc(Cl)cc2Cl)C(CC)C(=O)NC)cc1. The summed E-state index contributed by atoms with van der Waals surface area (Å²) in [6.45, 7) is 4.27. The quantitative estimate of drug-likeness (QED) is 0.600. The van der Waals surface area contributed by atoms with Crippen LogP contribution in [0.1, 0.15) is 43.4 Å². The lowest BCUT2D eigenvalue weighted by atomic mass is 10.0. The molecular weight excluding hydrogens is 407 g/mol. The molecule has 0 aliphatic carbocycles.